The van der Waals surface area contributed by atoms with Crippen LogP contribution in [0.2, 0.25) is 0 Å². The molecule has 0 radical (unpaired) electrons. The lowest BCUT2D eigenvalue weighted by atomic mass is 10.1. The normalized spacial score (nSPS) is 10.7. The van der Waals surface area contributed by atoms with E-state index in [2.05, 4.69) is 15.3 Å². The Labute approximate surface area is 123 Å². The Balaban J connectivity index is 2.28. The van der Waals surface area contributed by atoms with Gasteiger partial charge in [-0.3, -0.25) is 4.79 Å². The average Bonchev–Trinajstić information content (AvgIpc) is 2.47. The van der Waals surface area contributed by atoms with E-state index < -0.39 is 17.6 Å². The lowest BCUT2D eigenvalue weighted by Crippen LogP contribution is -2.13. The first-order chi connectivity index (χ1) is 10.4. The largest absolute Gasteiger partial charge is 0.416 e. The predicted molar refractivity (Wildman–Crippen MR) is 74.6 cm³/mol. The number of benzene rings is 2. The molecule has 0 bridgehead atoms. The molecule has 0 saturated carbocycles. The first-order valence-corrected chi connectivity index (χ1v) is 6.04. The molecule has 112 valence electrons. The maximum atomic E-state index is 12.6. The topological polar surface area (TPSA) is 77.9 Å². The van der Waals surface area contributed by atoms with E-state index in [4.69, 9.17) is 5.53 Å². The summed E-state index contributed by atoms with van der Waals surface area (Å²) in [6.07, 6.45) is -4.50. The quantitative estimate of drug-likeness (QED) is 0.488. The molecule has 1 amide bonds. The van der Waals surface area contributed by atoms with Crippen molar-refractivity contribution in [2.75, 3.05) is 5.32 Å². The standard InChI is InChI=1S/C14H9F3N4O/c15-14(16,17)9-4-3-5-10(8-9)19-13(22)11-6-1-2-7-12(11)20-21-18/h1-8H,(H,19,22). The Morgan fingerprint density at radius 1 is 1.14 bits per heavy atom. The monoisotopic (exact) mass is 306 g/mol. The van der Waals surface area contributed by atoms with Gasteiger partial charge in [-0.25, -0.2) is 0 Å². The van der Waals surface area contributed by atoms with Gasteiger partial charge in [0.1, 0.15) is 0 Å². The number of azide groups is 1. The molecule has 2 aromatic rings. The van der Waals surface area contributed by atoms with Crippen LogP contribution in [0.3, 0.4) is 0 Å². The molecule has 0 atom stereocenters. The van der Waals surface area contributed by atoms with Crippen LogP contribution in [-0.2, 0) is 6.18 Å². The van der Waals surface area contributed by atoms with Gasteiger partial charge in [0, 0.05) is 16.2 Å². The van der Waals surface area contributed by atoms with Crippen molar-refractivity contribution in [2.45, 2.75) is 6.18 Å². The smallest absolute Gasteiger partial charge is 0.322 e. The Bertz CT molecular complexity index is 752. The number of carbonyl (C=O) groups is 1. The number of alkyl halides is 3. The van der Waals surface area contributed by atoms with Gasteiger partial charge in [0.2, 0.25) is 0 Å². The second-order valence-corrected chi connectivity index (χ2v) is 4.24. The summed E-state index contributed by atoms with van der Waals surface area (Å²) in [5.74, 6) is -0.665. The Hall–Kier alpha value is -2.99. The Morgan fingerprint density at radius 2 is 1.86 bits per heavy atom. The number of nitrogens with one attached hydrogen (secondary N) is 1. The summed E-state index contributed by atoms with van der Waals surface area (Å²) < 4.78 is 37.9. The third-order valence-corrected chi connectivity index (χ3v) is 2.75. The van der Waals surface area contributed by atoms with Crippen molar-refractivity contribution in [3.63, 3.8) is 0 Å². The van der Waals surface area contributed by atoms with Gasteiger partial charge in [0.05, 0.1) is 11.3 Å². The molecule has 2 aromatic carbocycles. The molecule has 0 heterocycles. The molecule has 0 spiro atoms. The lowest BCUT2D eigenvalue weighted by Gasteiger charge is -2.10. The maximum absolute atomic E-state index is 12.6. The zero-order valence-corrected chi connectivity index (χ0v) is 11.0. The van der Waals surface area contributed by atoms with Gasteiger partial charge < -0.3 is 5.32 Å². The van der Waals surface area contributed by atoms with Crippen molar-refractivity contribution in [1.29, 1.82) is 0 Å². The first-order valence-electron chi connectivity index (χ1n) is 6.04. The van der Waals surface area contributed by atoms with E-state index in [0.29, 0.717) is 0 Å². The van der Waals surface area contributed by atoms with Crippen molar-refractivity contribution >= 4 is 17.3 Å². The number of rotatable bonds is 3. The molecule has 0 saturated heterocycles. The van der Waals surface area contributed by atoms with Crippen LogP contribution in [0, 0.1) is 0 Å². The van der Waals surface area contributed by atoms with Crippen molar-refractivity contribution in [3.8, 4) is 0 Å². The minimum Gasteiger partial charge on any atom is -0.322 e. The van der Waals surface area contributed by atoms with Crippen LogP contribution in [0.4, 0.5) is 24.5 Å². The fraction of sp³-hybridized carbons (Fsp3) is 0.0714. The fourth-order valence-electron chi connectivity index (χ4n) is 1.77. The highest BCUT2D eigenvalue weighted by Crippen LogP contribution is 2.31. The van der Waals surface area contributed by atoms with Gasteiger partial charge in [-0.15, -0.1) is 0 Å². The second kappa shape index (κ2) is 6.19. The highest BCUT2D eigenvalue weighted by molar-refractivity contribution is 6.07. The van der Waals surface area contributed by atoms with Gasteiger partial charge in [-0.05, 0) is 29.8 Å². The number of nitrogens with zero attached hydrogens (tertiary/aromatic N) is 3. The number of hydrogen-bond donors (Lipinski definition) is 1. The minimum absolute atomic E-state index is 0.00411. The highest BCUT2D eigenvalue weighted by atomic mass is 19.4. The molecule has 0 aliphatic heterocycles. The average molecular weight is 306 g/mol. The van der Waals surface area contributed by atoms with Crippen molar-refractivity contribution in [1.82, 2.24) is 0 Å². The number of hydrogen-bond acceptors (Lipinski definition) is 2. The molecular weight excluding hydrogens is 297 g/mol. The molecule has 0 aromatic heterocycles. The summed E-state index contributed by atoms with van der Waals surface area (Å²) >= 11 is 0. The SMILES string of the molecule is [N-]=[N+]=Nc1ccccc1C(=O)Nc1cccc(C(F)(F)F)c1. The van der Waals surface area contributed by atoms with E-state index in [1.54, 1.807) is 12.1 Å². The number of halogens is 3. The van der Waals surface area contributed by atoms with Gasteiger partial charge in [0.25, 0.3) is 5.91 Å². The van der Waals surface area contributed by atoms with E-state index >= 15 is 0 Å². The van der Waals surface area contributed by atoms with Gasteiger partial charge in [-0.2, -0.15) is 13.2 Å². The highest BCUT2D eigenvalue weighted by Gasteiger charge is 2.30. The Morgan fingerprint density at radius 3 is 2.55 bits per heavy atom. The van der Waals surface area contributed by atoms with Crippen LogP contribution >= 0.6 is 0 Å². The van der Waals surface area contributed by atoms with E-state index in [-0.39, 0.29) is 16.9 Å². The van der Waals surface area contributed by atoms with Gasteiger partial charge in [0.15, 0.2) is 0 Å². The van der Waals surface area contributed by atoms with Crippen LogP contribution in [0.1, 0.15) is 15.9 Å². The zero-order chi connectivity index (χ0) is 16.2. The fourth-order valence-corrected chi connectivity index (χ4v) is 1.77. The van der Waals surface area contributed by atoms with Crippen LogP contribution < -0.4 is 5.32 Å². The lowest BCUT2D eigenvalue weighted by molar-refractivity contribution is -0.137. The first kappa shape index (κ1) is 15.4. The molecule has 0 fully saturated rings. The molecular formula is C14H9F3N4O. The summed E-state index contributed by atoms with van der Waals surface area (Å²) in [6.45, 7) is 0. The summed E-state index contributed by atoms with van der Waals surface area (Å²) in [4.78, 5) is 14.7. The van der Waals surface area contributed by atoms with E-state index in [0.717, 1.165) is 12.1 Å². The van der Waals surface area contributed by atoms with E-state index in [1.807, 2.05) is 0 Å². The third-order valence-electron chi connectivity index (χ3n) is 2.75. The van der Waals surface area contributed by atoms with Crippen molar-refractivity contribution in [3.05, 3.63) is 70.1 Å². The van der Waals surface area contributed by atoms with E-state index in [1.165, 1.54) is 24.3 Å². The number of carbonyl (C=O) groups excluding carboxylic acids is 1. The van der Waals surface area contributed by atoms with Crippen LogP contribution in [0.15, 0.2) is 53.6 Å². The number of amides is 1. The summed E-state index contributed by atoms with van der Waals surface area (Å²) in [7, 11) is 0. The van der Waals surface area contributed by atoms with Gasteiger partial charge >= 0.3 is 6.18 Å². The molecule has 0 unspecified atom stereocenters. The molecule has 22 heavy (non-hydrogen) atoms. The molecule has 5 nitrogen and oxygen atoms in total. The third kappa shape index (κ3) is 3.56. The molecule has 1 N–H and O–H groups in total. The predicted octanol–water partition coefficient (Wildman–Crippen LogP) is 4.90. The van der Waals surface area contributed by atoms with Crippen molar-refractivity contribution in [2.24, 2.45) is 5.11 Å². The van der Waals surface area contributed by atoms with Crippen molar-refractivity contribution < 1.29 is 18.0 Å². The second-order valence-electron chi connectivity index (χ2n) is 4.24. The van der Waals surface area contributed by atoms with Crippen LogP contribution in [0.25, 0.3) is 10.4 Å². The molecule has 0 aliphatic rings. The minimum atomic E-state index is -4.50. The number of anilines is 1. The van der Waals surface area contributed by atoms with Crippen LogP contribution in [0.5, 0.6) is 0 Å². The van der Waals surface area contributed by atoms with Crippen LogP contribution in [-0.4, -0.2) is 5.91 Å². The Kier molecular flexibility index (Phi) is 4.33. The van der Waals surface area contributed by atoms with E-state index in [9.17, 15) is 18.0 Å². The maximum Gasteiger partial charge on any atom is 0.416 e. The van der Waals surface area contributed by atoms with Gasteiger partial charge in [-0.1, -0.05) is 29.4 Å². The molecule has 0 aliphatic carbocycles. The molecule has 2 rings (SSSR count). The summed E-state index contributed by atoms with van der Waals surface area (Å²) in [5, 5.41) is 5.71. The molecule has 8 heteroatoms. The zero-order valence-electron chi connectivity index (χ0n) is 11.0. The summed E-state index contributed by atoms with van der Waals surface area (Å²) in [5.41, 5.74) is 7.73. The summed E-state index contributed by atoms with van der Waals surface area (Å²) in [6, 6.07) is 10.2.